The number of sulfonamides is 1. The highest BCUT2D eigenvalue weighted by Crippen LogP contribution is 2.37. The summed E-state index contributed by atoms with van der Waals surface area (Å²) in [7, 11) is -2.02. The summed E-state index contributed by atoms with van der Waals surface area (Å²) in [6.45, 7) is 1.86. The molecule has 1 saturated heterocycles. The normalized spacial score (nSPS) is 15.1. The molecule has 3 aromatic carbocycles. The fourth-order valence-corrected chi connectivity index (χ4v) is 4.97. The number of ether oxygens (including phenoxy) is 1. The van der Waals surface area contributed by atoms with Crippen molar-refractivity contribution < 1.29 is 26.7 Å². The molecule has 2 N–H and O–H groups in total. The summed E-state index contributed by atoms with van der Waals surface area (Å²) >= 11 is 6.04. The standard InChI is InChI=1S/C27H28ClF2N3O4S/c1-3-38(35,36)32-21-8-10-22(23(16-21)18-4-6-19(28)7-5-18)26(34)31-20-9-11-25(37-2)24(17-20)33-14-12-27(29,30)13-15-33/h4-11,16-17,32H,3,12-15H2,1-2H3,(H,31,34). The molecule has 0 radical (unpaired) electrons. The molecule has 0 spiro atoms. The van der Waals surface area contributed by atoms with Crippen LogP contribution in [0.3, 0.4) is 0 Å². The maximum Gasteiger partial charge on any atom is 0.256 e. The highest BCUT2D eigenvalue weighted by atomic mass is 35.5. The van der Waals surface area contributed by atoms with Crippen LogP contribution in [0.15, 0.2) is 60.7 Å². The topological polar surface area (TPSA) is 87.7 Å². The molecule has 0 bridgehead atoms. The Labute approximate surface area is 225 Å². The van der Waals surface area contributed by atoms with Gasteiger partial charge in [-0.1, -0.05) is 23.7 Å². The van der Waals surface area contributed by atoms with E-state index in [2.05, 4.69) is 10.0 Å². The summed E-state index contributed by atoms with van der Waals surface area (Å²) in [5, 5.41) is 3.39. The Kier molecular flexibility index (Phi) is 8.13. The first-order valence-electron chi connectivity index (χ1n) is 12.0. The van der Waals surface area contributed by atoms with Crippen LogP contribution in [0.4, 0.5) is 25.8 Å². The van der Waals surface area contributed by atoms with Gasteiger partial charge in [0, 0.05) is 47.9 Å². The third-order valence-electron chi connectivity index (χ3n) is 6.35. The number of halogens is 3. The number of amides is 1. The zero-order valence-corrected chi connectivity index (χ0v) is 22.5. The summed E-state index contributed by atoms with van der Waals surface area (Å²) in [6, 6.07) is 16.6. The zero-order chi connectivity index (χ0) is 27.5. The Bertz CT molecular complexity index is 1420. The number of hydrogen-bond acceptors (Lipinski definition) is 5. The maximum atomic E-state index is 13.7. The lowest BCUT2D eigenvalue weighted by Crippen LogP contribution is -2.39. The van der Waals surface area contributed by atoms with Crippen molar-refractivity contribution >= 4 is 44.6 Å². The van der Waals surface area contributed by atoms with Crippen molar-refractivity contribution in [2.24, 2.45) is 0 Å². The number of methoxy groups -OCH3 is 1. The van der Waals surface area contributed by atoms with E-state index in [1.54, 1.807) is 54.6 Å². The van der Waals surface area contributed by atoms with Crippen molar-refractivity contribution in [1.82, 2.24) is 0 Å². The Hall–Kier alpha value is -3.37. The first kappa shape index (κ1) is 27.7. The fraction of sp³-hybridized carbons (Fsp3) is 0.296. The Morgan fingerprint density at radius 2 is 1.68 bits per heavy atom. The Balaban J connectivity index is 1.65. The van der Waals surface area contributed by atoms with Crippen molar-refractivity contribution in [2.75, 3.05) is 40.9 Å². The van der Waals surface area contributed by atoms with E-state index < -0.39 is 21.9 Å². The number of nitrogens with one attached hydrogen (secondary N) is 2. The predicted molar refractivity (Wildman–Crippen MR) is 147 cm³/mol. The molecule has 0 atom stereocenters. The van der Waals surface area contributed by atoms with Crippen LogP contribution in [0, 0.1) is 0 Å². The van der Waals surface area contributed by atoms with Crippen molar-refractivity contribution in [3.63, 3.8) is 0 Å². The van der Waals surface area contributed by atoms with Crippen LogP contribution in [0.2, 0.25) is 5.02 Å². The van der Waals surface area contributed by atoms with Gasteiger partial charge in [-0.2, -0.15) is 0 Å². The predicted octanol–water partition coefficient (Wildman–Crippen LogP) is 6.27. The van der Waals surface area contributed by atoms with Gasteiger partial charge in [-0.05, 0) is 66.6 Å². The number of hydrogen-bond donors (Lipinski definition) is 2. The number of rotatable bonds is 8. The third-order valence-corrected chi connectivity index (χ3v) is 7.90. The number of anilines is 3. The van der Waals surface area contributed by atoms with Crippen molar-refractivity contribution in [1.29, 1.82) is 0 Å². The smallest absolute Gasteiger partial charge is 0.256 e. The van der Waals surface area contributed by atoms with Crippen LogP contribution >= 0.6 is 11.6 Å². The molecule has 7 nitrogen and oxygen atoms in total. The second-order valence-corrected chi connectivity index (χ2v) is 11.4. The molecule has 1 aliphatic rings. The lowest BCUT2D eigenvalue weighted by molar-refractivity contribution is -0.0221. The molecular formula is C27H28ClF2N3O4S. The summed E-state index contributed by atoms with van der Waals surface area (Å²) in [6.07, 6.45) is -0.517. The van der Waals surface area contributed by atoms with E-state index >= 15 is 0 Å². The largest absolute Gasteiger partial charge is 0.495 e. The summed E-state index contributed by atoms with van der Waals surface area (Å²) in [5.74, 6) is -2.70. The molecule has 11 heteroatoms. The number of nitrogens with zero attached hydrogens (tertiary/aromatic N) is 1. The average molecular weight is 564 g/mol. The first-order chi connectivity index (χ1) is 18.0. The molecule has 1 aliphatic heterocycles. The minimum absolute atomic E-state index is 0.0972. The van der Waals surface area contributed by atoms with Gasteiger partial charge in [0.1, 0.15) is 5.75 Å². The molecular weight excluding hydrogens is 536 g/mol. The van der Waals surface area contributed by atoms with Gasteiger partial charge in [-0.3, -0.25) is 9.52 Å². The molecule has 3 aromatic rings. The SMILES string of the molecule is CCS(=O)(=O)Nc1ccc(C(=O)Nc2ccc(OC)c(N3CCC(F)(F)CC3)c2)c(-c2ccc(Cl)cc2)c1. The van der Waals surface area contributed by atoms with Crippen LogP contribution in [-0.2, 0) is 10.0 Å². The highest BCUT2D eigenvalue weighted by molar-refractivity contribution is 7.92. The lowest BCUT2D eigenvalue weighted by Gasteiger charge is -2.34. The molecule has 0 saturated carbocycles. The Morgan fingerprint density at radius 1 is 1.03 bits per heavy atom. The van der Waals surface area contributed by atoms with Crippen LogP contribution in [0.5, 0.6) is 5.75 Å². The number of carbonyl (C=O) groups excluding carboxylic acids is 1. The molecule has 1 amide bonds. The summed E-state index contributed by atoms with van der Waals surface area (Å²) in [4.78, 5) is 15.3. The molecule has 4 rings (SSSR count). The molecule has 202 valence electrons. The van der Waals surface area contributed by atoms with Crippen LogP contribution in [-0.4, -0.2) is 46.2 Å². The number of piperidine rings is 1. The molecule has 1 fully saturated rings. The number of alkyl halides is 2. The van der Waals surface area contributed by atoms with Gasteiger partial charge in [0.15, 0.2) is 0 Å². The fourth-order valence-electron chi connectivity index (χ4n) is 4.21. The second kappa shape index (κ2) is 11.2. The summed E-state index contributed by atoms with van der Waals surface area (Å²) < 4.78 is 59.5. The second-order valence-electron chi connectivity index (χ2n) is 8.96. The third kappa shape index (κ3) is 6.54. The van der Waals surface area contributed by atoms with Crippen LogP contribution < -0.4 is 19.7 Å². The van der Waals surface area contributed by atoms with E-state index in [9.17, 15) is 22.0 Å². The quantitative estimate of drug-likeness (QED) is 0.337. The van der Waals surface area contributed by atoms with Gasteiger partial charge < -0.3 is 15.0 Å². The zero-order valence-electron chi connectivity index (χ0n) is 20.9. The van der Waals surface area contributed by atoms with E-state index in [4.69, 9.17) is 16.3 Å². The maximum absolute atomic E-state index is 13.7. The van der Waals surface area contributed by atoms with Gasteiger partial charge >= 0.3 is 0 Å². The van der Waals surface area contributed by atoms with E-state index in [1.807, 2.05) is 4.90 Å². The van der Waals surface area contributed by atoms with E-state index in [-0.39, 0.29) is 31.7 Å². The van der Waals surface area contributed by atoms with Crippen LogP contribution in [0.25, 0.3) is 11.1 Å². The van der Waals surface area contributed by atoms with Crippen molar-refractivity contribution in [2.45, 2.75) is 25.7 Å². The monoisotopic (exact) mass is 563 g/mol. The molecule has 0 aromatic heterocycles. The van der Waals surface area contributed by atoms with Gasteiger partial charge in [0.25, 0.3) is 11.8 Å². The molecule has 38 heavy (non-hydrogen) atoms. The summed E-state index contributed by atoms with van der Waals surface area (Å²) in [5.41, 5.74) is 2.87. The highest BCUT2D eigenvalue weighted by Gasteiger charge is 2.34. The van der Waals surface area contributed by atoms with E-state index in [0.29, 0.717) is 44.5 Å². The average Bonchev–Trinajstić information content (AvgIpc) is 2.89. The number of carbonyl (C=O) groups is 1. The molecule has 0 aliphatic carbocycles. The molecule has 0 unspecified atom stereocenters. The van der Waals surface area contributed by atoms with E-state index in [0.717, 1.165) is 0 Å². The molecule has 1 heterocycles. The van der Waals surface area contributed by atoms with Gasteiger partial charge in [0.2, 0.25) is 10.0 Å². The minimum Gasteiger partial charge on any atom is -0.495 e. The number of benzene rings is 3. The Morgan fingerprint density at radius 3 is 2.32 bits per heavy atom. The van der Waals surface area contributed by atoms with Gasteiger partial charge in [0.05, 0.1) is 18.6 Å². The van der Waals surface area contributed by atoms with Crippen molar-refractivity contribution in [3.8, 4) is 16.9 Å². The minimum atomic E-state index is -3.52. The van der Waals surface area contributed by atoms with E-state index in [1.165, 1.54) is 20.1 Å². The van der Waals surface area contributed by atoms with Crippen molar-refractivity contribution in [3.05, 3.63) is 71.2 Å². The van der Waals surface area contributed by atoms with Gasteiger partial charge in [-0.25, -0.2) is 17.2 Å². The van der Waals surface area contributed by atoms with Gasteiger partial charge in [-0.15, -0.1) is 0 Å². The lowest BCUT2D eigenvalue weighted by atomic mass is 9.98. The van der Waals surface area contributed by atoms with Crippen LogP contribution in [0.1, 0.15) is 30.1 Å². The first-order valence-corrected chi connectivity index (χ1v) is 14.1.